The van der Waals surface area contributed by atoms with Crippen LogP contribution < -0.4 is 10.1 Å². The summed E-state index contributed by atoms with van der Waals surface area (Å²) in [6.45, 7) is 1.53. The number of thiocarbonyl (C=S) groups is 1. The van der Waals surface area contributed by atoms with Crippen molar-refractivity contribution < 1.29 is 23.9 Å². The minimum Gasteiger partial charge on any atom is -0.479 e. The summed E-state index contributed by atoms with van der Waals surface area (Å²) in [5.74, 6) is -0.533. The number of thioether (sulfide) groups is 1. The lowest BCUT2D eigenvalue weighted by molar-refractivity contribution is -0.154. The average Bonchev–Trinajstić information content (AvgIpc) is 2.98. The van der Waals surface area contributed by atoms with E-state index < -0.39 is 24.6 Å². The number of esters is 1. The van der Waals surface area contributed by atoms with Crippen LogP contribution in [0, 0.1) is 11.3 Å². The van der Waals surface area contributed by atoms with Crippen LogP contribution in [0.4, 0.5) is 0 Å². The number of nitrogens with zero attached hydrogens (tertiary/aromatic N) is 2. The molecular weight excluding hydrogens is 390 g/mol. The Hall–Kier alpha value is -2.64. The Kier molecular flexibility index (Phi) is 7.57. The van der Waals surface area contributed by atoms with Gasteiger partial charge in [0.15, 0.2) is 12.7 Å². The van der Waals surface area contributed by atoms with Crippen molar-refractivity contribution in [2.75, 3.05) is 25.4 Å². The van der Waals surface area contributed by atoms with Gasteiger partial charge in [0, 0.05) is 13.1 Å². The molecule has 8 nitrogen and oxygen atoms in total. The highest BCUT2D eigenvalue weighted by Gasteiger charge is 2.26. The van der Waals surface area contributed by atoms with Crippen molar-refractivity contribution in [3.05, 3.63) is 29.8 Å². The molecule has 2 rings (SSSR count). The maximum atomic E-state index is 11.9. The maximum absolute atomic E-state index is 11.9. The number of rotatable bonds is 8. The Labute approximate surface area is 165 Å². The Bertz CT molecular complexity index is 760. The van der Waals surface area contributed by atoms with Gasteiger partial charge in [0.1, 0.15) is 10.1 Å². The van der Waals surface area contributed by atoms with E-state index in [4.69, 9.17) is 27.0 Å². The van der Waals surface area contributed by atoms with E-state index in [9.17, 15) is 14.4 Å². The van der Waals surface area contributed by atoms with E-state index in [1.807, 2.05) is 6.07 Å². The predicted octanol–water partition coefficient (Wildman–Crippen LogP) is 0.845. The summed E-state index contributed by atoms with van der Waals surface area (Å²) in [5, 5.41) is 11.3. The van der Waals surface area contributed by atoms with Gasteiger partial charge in [-0.3, -0.25) is 14.5 Å². The number of nitrogens with one attached hydrogen (secondary N) is 1. The van der Waals surface area contributed by atoms with Crippen LogP contribution in [0.5, 0.6) is 5.75 Å². The fraction of sp³-hybridized carbons (Fsp3) is 0.353. The van der Waals surface area contributed by atoms with E-state index >= 15 is 0 Å². The molecule has 1 aliphatic rings. The molecule has 1 aromatic carbocycles. The topological polar surface area (TPSA) is 109 Å². The molecule has 27 heavy (non-hydrogen) atoms. The molecule has 1 saturated heterocycles. The Morgan fingerprint density at radius 3 is 2.70 bits per heavy atom. The first-order chi connectivity index (χ1) is 12.9. The molecule has 0 bridgehead atoms. The van der Waals surface area contributed by atoms with Gasteiger partial charge in [-0.05, 0) is 31.2 Å². The molecule has 1 aliphatic heterocycles. The van der Waals surface area contributed by atoms with Crippen molar-refractivity contribution in [1.29, 1.82) is 5.26 Å². The van der Waals surface area contributed by atoms with Crippen molar-refractivity contribution in [2.24, 2.45) is 0 Å². The summed E-state index contributed by atoms with van der Waals surface area (Å²) >= 11 is 6.32. The standard InChI is InChI=1S/C17H17N3O5S2/c1-11(25-13-4-2-12(8-18)3-5-13)16(23)24-9-14(21)19-6-7-20-15(22)10-27-17(20)26/h2-5,11H,6-7,9-10H2,1H3,(H,19,21)/t11-/m0/s1. The Morgan fingerprint density at radius 2 is 2.11 bits per heavy atom. The molecule has 0 radical (unpaired) electrons. The molecule has 1 heterocycles. The van der Waals surface area contributed by atoms with E-state index in [0.717, 1.165) is 0 Å². The number of hydrogen-bond donors (Lipinski definition) is 1. The summed E-state index contributed by atoms with van der Waals surface area (Å²) in [5.41, 5.74) is 0.476. The van der Waals surface area contributed by atoms with Crippen LogP contribution in [-0.2, 0) is 19.1 Å². The molecule has 142 valence electrons. The van der Waals surface area contributed by atoms with Gasteiger partial charge in [0.25, 0.3) is 5.91 Å². The first-order valence-electron chi connectivity index (χ1n) is 7.98. The number of benzene rings is 1. The van der Waals surface area contributed by atoms with Crippen molar-refractivity contribution in [3.63, 3.8) is 0 Å². The van der Waals surface area contributed by atoms with Crippen LogP contribution >= 0.6 is 24.0 Å². The minimum absolute atomic E-state index is 0.0838. The van der Waals surface area contributed by atoms with Crippen molar-refractivity contribution >= 4 is 46.1 Å². The van der Waals surface area contributed by atoms with E-state index in [1.165, 1.54) is 23.6 Å². The fourth-order valence-corrected chi connectivity index (χ4v) is 3.19. The Morgan fingerprint density at radius 1 is 1.41 bits per heavy atom. The van der Waals surface area contributed by atoms with Crippen molar-refractivity contribution in [3.8, 4) is 11.8 Å². The zero-order chi connectivity index (χ0) is 19.8. The molecule has 1 fully saturated rings. The molecule has 2 amide bonds. The highest BCUT2D eigenvalue weighted by atomic mass is 32.2. The lowest BCUT2D eigenvalue weighted by Gasteiger charge is -2.16. The number of amides is 2. The third-order valence-corrected chi connectivity index (χ3v) is 4.90. The lowest BCUT2D eigenvalue weighted by atomic mass is 10.2. The van der Waals surface area contributed by atoms with E-state index in [0.29, 0.717) is 21.4 Å². The van der Waals surface area contributed by atoms with Crippen LogP contribution in [0.3, 0.4) is 0 Å². The molecule has 0 aliphatic carbocycles. The zero-order valence-corrected chi connectivity index (χ0v) is 16.1. The SMILES string of the molecule is C[C@H](Oc1ccc(C#N)cc1)C(=O)OCC(=O)NCCN1C(=O)CSC1=S. The third kappa shape index (κ3) is 6.23. The first-order valence-corrected chi connectivity index (χ1v) is 9.37. The molecule has 1 N–H and O–H groups in total. The molecular formula is C17H17N3O5S2. The van der Waals surface area contributed by atoms with E-state index in [-0.39, 0.29) is 19.0 Å². The molecule has 0 spiro atoms. The highest BCUT2D eigenvalue weighted by Crippen LogP contribution is 2.18. The average molecular weight is 407 g/mol. The second-order valence-electron chi connectivity index (χ2n) is 5.45. The van der Waals surface area contributed by atoms with Gasteiger partial charge in [-0.2, -0.15) is 5.26 Å². The van der Waals surface area contributed by atoms with E-state index in [2.05, 4.69) is 5.32 Å². The molecule has 0 unspecified atom stereocenters. The summed E-state index contributed by atoms with van der Waals surface area (Å²) in [6, 6.07) is 8.25. The van der Waals surface area contributed by atoms with Crippen LogP contribution in [0.1, 0.15) is 12.5 Å². The summed E-state index contributed by atoms with van der Waals surface area (Å²) < 4.78 is 10.8. The molecule has 1 aromatic rings. The minimum atomic E-state index is -0.914. The quantitative estimate of drug-likeness (QED) is 0.499. The second-order valence-corrected chi connectivity index (χ2v) is 7.06. The lowest BCUT2D eigenvalue weighted by Crippen LogP contribution is -2.39. The number of hydrogen-bond acceptors (Lipinski definition) is 8. The first kappa shape index (κ1) is 20.7. The largest absolute Gasteiger partial charge is 0.479 e. The fourth-order valence-electron chi connectivity index (χ4n) is 2.07. The summed E-state index contributed by atoms with van der Waals surface area (Å²) in [6.07, 6.45) is -0.914. The zero-order valence-electron chi connectivity index (χ0n) is 14.5. The van der Waals surface area contributed by atoms with Gasteiger partial charge in [0.2, 0.25) is 5.91 Å². The predicted molar refractivity (Wildman–Crippen MR) is 102 cm³/mol. The number of carbonyl (C=O) groups is 3. The van der Waals surface area contributed by atoms with Gasteiger partial charge in [-0.15, -0.1) is 0 Å². The summed E-state index contributed by atoms with van der Waals surface area (Å²) in [7, 11) is 0. The van der Waals surface area contributed by atoms with Crippen LogP contribution in [0.2, 0.25) is 0 Å². The van der Waals surface area contributed by atoms with Crippen molar-refractivity contribution in [2.45, 2.75) is 13.0 Å². The normalized spacial score (nSPS) is 14.4. The molecule has 1 atom stereocenters. The van der Waals surface area contributed by atoms with Crippen LogP contribution in [0.15, 0.2) is 24.3 Å². The van der Waals surface area contributed by atoms with Gasteiger partial charge >= 0.3 is 5.97 Å². The van der Waals surface area contributed by atoms with Gasteiger partial charge in [0.05, 0.1) is 17.4 Å². The molecule has 0 saturated carbocycles. The molecule has 0 aromatic heterocycles. The number of ether oxygens (including phenoxy) is 2. The van der Waals surface area contributed by atoms with E-state index in [1.54, 1.807) is 24.3 Å². The Balaban J connectivity index is 1.67. The number of nitriles is 1. The smallest absolute Gasteiger partial charge is 0.347 e. The third-order valence-electron chi connectivity index (χ3n) is 3.47. The van der Waals surface area contributed by atoms with Gasteiger partial charge in [-0.1, -0.05) is 24.0 Å². The van der Waals surface area contributed by atoms with Gasteiger partial charge in [-0.25, -0.2) is 4.79 Å². The maximum Gasteiger partial charge on any atom is 0.347 e. The number of carbonyl (C=O) groups excluding carboxylic acids is 3. The highest BCUT2D eigenvalue weighted by molar-refractivity contribution is 8.23. The summed E-state index contributed by atoms with van der Waals surface area (Å²) in [4.78, 5) is 36.6. The van der Waals surface area contributed by atoms with Crippen LogP contribution in [0.25, 0.3) is 0 Å². The van der Waals surface area contributed by atoms with Gasteiger partial charge < -0.3 is 14.8 Å². The monoisotopic (exact) mass is 407 g/mol. The van der Waals surface area contributed by atoms with Crippen molar-refractivity contribution in [1.82, 2.24) is 10.2 Å². The van der Waals surface area contributed by atoms with Crippen LogP contribution in [-0.4, -0.2) is 58.6 Å². The second kappa shape index (κ2) is 9.89. The molecule has 10 heteroatoms.